The van der Waals surface area contributed by atoms with Crippen molar-refractivity contribution in [3.8, 4) is 5.75 Å². The Balaban J connectivity index is 1.85. The average Bonchev–Trinajstić information content (AvgIpc) is 2.65. The predicted molar refractivity (Wildman–Crippen MR) is 113 cm³/mol. The van der Waals surface area contributed by atoms with Gasteiger partial charge in [0.25, 0.3) is 5.91 Å². The van der Waals surface area contributed by atoms with Gasteiger partial charge in [0.15, 0.2) is 0 Å². The van der Waals surface area contributed by atoms with E-state index in [2.05, 4.69) is 22.5 Å². The summed E-state index contributed by atoms with van der Waals surface area (Å²) in [5.41, 5.74) is 2.91. The van der Waals surface area contributed by atoms with E-state index in [0.717, 1.165) is 11.3 Å². The molecule has 148 valence electrons. The highest BCUT2D eigenvalue weighted by Crippen LogP contribution is 2.18. The Morgan fingerprint density at radius 2 is 1.79 bits per heavy atom. The number of anilines is 2. The molecule has 0 radical (unpaired) electrons. The van der Waals surface area contributed by atoms with Crippen LogP contribution < -0.4 is 20.7 Å². The van der Waals surface area contributed by atoms with Crippen molar-refractivity contribution < 1.29 is 14.3 Å². The summed E-state index contributed by atoms with van der Waals surface area (Å²) < 4.78 is 5.59. The zero-order valence-electron chi connectivity index (χ0n) is 16.5. The molecule has 28 heavy (non-hydrogen) atoms. The van der Waals surface area contributed by atoms with Crippen LogP contribution in [0.4, 0.5) is 11.4 Å². The third-order valence-corrected chi connectivity index (χ3v) is 3.62. The van der Waals surface area contributed by atoms with Gasteiger partial charge in [0.05, 0.1) is 6.54 Å². The molecule has 0 heterocycles. The van der Waals surface area contributed by atoms with Gasteiger partial charge in [-0.2, -0.15) is 0 Å². The molecular weight excluding hydrogens is 354 g/mol. The van der Waals surface area contributed by atoms with Gasteiger partial charge in [-0.1, -0.05) is 12.6 Å². The van der Waals surface area contributed by atoms with Crippen molar-refractivity contribution in [3.05, 3.63) is 66.2 Å². The molecule has 0 bridgehead atoms. The highest BCUT2D eigenvalue weighted by atomic mass is 16.5. The fourth-order valence-electron chi connectivity index (χ4n) is 2.34. The number of carbonyl (C=O) groups is 2. The third kappa shape index (κ3) is 7.15. The standard InChI is InChI=1S/C22H27N3O3/c1-15(2)14-28-20-7-5-6-19(12-20)23-13-21(26)25-18-10-8-17(9-11-18)22(27)24-16(3)4/h5-12,16,23H,1,13-14H2,2-4H3,(H,24,27)(H,25,26). The van der Waals surface area contributed by atoms with Gasteiger partial charge < -0.3 is 20.7 Å². The molecule has 2 aromatic rings. The summed E-state index contributed by atoms with van der Waals surface area (Å²) in [6.45, 7) is 10.1. The molecule has 0 aliphatic heterocycles. The molecule has 2 rings (SSSR count). The second kappa shape index (κ2) is 10.2. The van der Waals surface area contributed by atoms with Gasteiger partial charge in [-0.05, 0) is 62.7 Å². The van der Waals surface area contributed by atoms with Gasteiger partial charge in [0.2, 0.25) is 5.91 Å². The SMILES string of the molecule is C=C(C)COc1cccc(NCC(=O)Nc2ccc(C(=O)NC(C)C)cc2)c1. The Hall–Kier alpha value is -3.28. The first-order valence-electron chi connectivity index (χ1n) is 9.15. The number of rotatable bonds is 9. The van der Waals surface area contributed by atoms with Crippen LogP contribution in [0.1, 0.15) is 31.1 Å². The van der Waals surface area contributed by atoms with Crippen molar-refractivity contribution in [1.82, 2.24) is 5.32 Å². The van der Waals surface area contributed by atoms with E-state index in [9.17, 15) is 9.59 Å². The molecule has 0 atom stereocenters. The van der Waals surface area contributed by atoms with E-state index in [0.29, 0.717) is 23.6 Å². The third-order valence-electron chi connectivity index (χ3n) is 3.62. The van der Waals surface area contributed by atoms with Crippen LogP contribution in [0.25, 0.3) is 0 Å². The van der Waals surface area contributed by atoms with E-state index in [1.165, 1.54) is 0 Å². The Kier molecular flexibility index (Phi) is 7.63. The molecule has 3 N–H and O–H groups in total. The zero-order valence-corrected chi connectivity index (χ0v) is 16.5. The molecule has 0 aliphatic carbocycles. The number of benzene rings is 2. The molecule has 0 saturated carbocycles. The monoisotopic (exact) mass is 381 g/mol. The highest BCUT2D eigenvalue weighted by molar-refractivity contribution is 5.96. The number of amides is 2. The van der Waals surface area contributed by atoms with Crippen molar-refractivity contribution in [3.63, 3.8) is 0 Å². The number of nitrogens with one attached hydrogen (secondary N) is 3. The predicted octanol–water partition coefficient (Wildman–Crippen LogP) is 3.83. The summed E-state index contributed by atoms with van der Waals surface area (Å²) in [5.74, 6) is 0.389. The van der Waals surface area contributed by atoms with Crippen LogP contribution in [0.3, 0.4) is 0 Å². The van der Waals surface area contributed by atoms with Crippen LogP contribution >= 0.6 is 0 Å². The van der Waals surface area contributed by atoms with Crippen molar-refractivity contribution in [2.75, 3.05) is 23.8 Å². The highest BCUT2D eigenvalue weighted by Gasteiger charge is 2.08. The molecule has 0 saturated heterocycles. The van der Waals surface area contributed by atoms with Crippen LogP contribution in [0.2, 0.25) is 0 Å². The molecule has 2 aromatic carbocycles. The minimum absolute atomic E-state index is 0.0719. The Morgan fingerprint density at radius 3 is 2.43 bits per heavy atom. The fraction of sp³-hybridized carbons (Fsp3) is 0.273. The quantitative estimate of drug-likeness (QED) is 0.577. The van der Waals surface area contributed by atoms with Gasteiger partial charge in [0, 0.05) is 29.0 Å². The lowest BCUT2D eigenvalue weighted by Gasteiger charge is -2.11. The van der Waals surface area contributed by atoms with Crippen LogP contribution in [0.5, 0.6) is 5.75 Å². The lowest BCUT2D eigenvalue weighted by atomic mass is 10.2. The van der Waals surface area contributed by atoms with Crippen LogP contribution in [0, 0.1) is 0 Å². The summed E-state index contributed by atoms with van der Waals surface area (Å²) in [7, 11) is 0. The molecule has 0 aromatic heterocycles. The second-order valence-electron chi connectivity index (χ2n) is 6.88. The van der Waals surface area contributed by atoms with Crippen molar-refractivity contribution in [2.24, 2.45) is 0 Å². The number of hydrogen-bond acceptors (Lipinski definition) is 4. The molecule has 6 nitrogen and oxygen atoms in total. The second-order valence-corrected chi connectivity index (χ2v) is 6.88. The molecule has 2 amide bonds. The Morgan fingerprint density at radius 1 is 1.07 bits per heavy atom. The maximum absolute atomic E-state index is 12.2. The average molecular weight is 381 g/mol. The topological polar surface area (TPSA) is 79.5 Å². The summed E-state index contributed by atoms with van der Waals surface area (Å²) in [4.78, 5) is 24.1. The fourth-order valence-corrected chi connectivity index (χ4v) is 2.34. The first-order chi connectivity index (χ1) is 13.3. The van der Waals surface area contributed by atoms with Crippen LogP contribution in [0.15, 0.2) is 60.7 Å². The van der Waals surface area contributed by atoms with Crippen molar-refractivity contribution >= 4 is 23.2 Å². The Bertz CT molecular complexity index is 829. The van der Waals surface area contributed by atoms with E-state index in [1.807, 2.05) is 45.0 Å². The summed E-state index contributed by atoms with van der Waals surface area (Å²) >= 11 is 0. The van der Waals surface area contributed by atoms with E-state index in [1.54, 1.807) is 24.3 Å². The minimum atomic E-state index is -0.187. The molecule has 0 spiro atoms. The number of hydrogen-bond donors (Lipinski definition) is 3. The summed E-state index contributed by atoms with van der Waals surface area (Å²) in [6, 6.07) is 14.3. The van der Waals surface area contributed by atoms with E-state index < -0.39 is 0 Å². The number of ether oxygens (including phenoxy) is 1. The smallest absolute Gasteiger partial charge is 0.251 e. The molecule has 0 aliphatic rings. The van der Waals surface area contributed by atoms with E-state index in [-0.39, 0.29) is 24.4 Å². The molecule has 0 fully saturated rings. The Labute approximate surface area is 166 Å². The van der Waals surface area contributed by atoms with Gasteiger partial charge in [-0.15, -0.1) is 0 Å². The maximum Gasteiger partial charge on any atom is 0.251 e. The van der Waals surface area contributed by atoms with Crippen molar-refractivity contribution in [2.45, 2.75) is 26.8 Å². The largest absolute Gasteiger partial charge is 0.489 e. The lowest BCUT2D eigenvalue weighted by molar-refractivity contribution is -0.114. The van der Waals surface area contributed by atoms with Crippen LogP contribution in [-0.4, -0.2) is 31.0 Å². The summed E-state index contributed by atoms with van der Waals surface area (Å²) in [6.07, 6.45) is 0. The molecular formula is C22H27N3O3. The van der Waals surface area contributed by atoms with Crippen molar-refractivity contribution in [1.29, 1.82) is 0 Å². The van der Waals surface area contributed by atoms with Gasteiger partial charge in [-0.25, -0.2) is 0 Å². The summed E-state index contributed by atoms with van der Waals surface area (Å²) in [5, 5.41) is 8.69. The zero-order chi connectivity index (χ0) is 20.5. The lowest BCUT2D eigenvalue weighted by Crippen LogP contribution is -2.30. The maximum atomic E-state index is 12.2. The first kappa shape index (κ1) is 21.0. The molecule has 6 heteroatoms. The van der Waals surface area contributed by atoms with Gasteiger partial charge in [0.1, 0.15) is 12.4 Å². The van der Waals surface area contributed by atoms with Crippen LogP contribution in [-0.2, 0) is 4.79 Å². The van der Waals surface area contributed by atoms with Gasteiger partial charge in [-0.3, -0.25) is 9.59 Å². The molecule has 0 unspecified atom stereocenters. The van der Waals surface area contributed by atoms with E-state index in [4.69, 9.17) is 4.74 Å². The van der Waals surface area contributed by atoms with Gasteiger partial charge >= 0.3 is 0 Å². The first-order valence-corrected chi connectivity index (χ1v) is 9.15. The van der Waals surface area contributed by atoms with E-state index >= 15 is 0 Å². The minimum Gasteiger partial charge on any atom is -0.489 e. The number of carbonyl (C=O) groups excluding carboxylic acids is 2. The normalized spacial score (nSPS) is 10.3.